The van der Waals surface area contributed by atoms with Gasteiger partial charge < -0.3 is 15.3 Å². The lowest BCUT2D eigenvalue weighted by atomic mass is 10.1. The Morgan fingerprint density at radius 3 is 2.79 bits per heavy atom. The fourth-order valence-electron chi connectivity index (χ4n) is 2.59. The molecule has 2 N–H and O–H groups in total. The monoisotopic (exact) mass is 282 g/mol. The number of hydrogen-bond donors (Lipinski definition) is 2. The van der Waals surface area contributed by atoms with Gasteiger partial charge in [-0.15, -0.1) is 0 Å². The fourth-order valence-corrected chi connectivity index (χ4v) is 2.72. The van der Waals surface area contributed by atoms with Crippen LogP contribution in [0.4, 0.5) is 0 Å². The molecule has 0 bridgehead atoms. The molecule has 4 heteroatoms. The van der Waals surface area contributed by atoms with Gasteiger partial charge in [-0.3, -0.25) is 0 Å². The molecule has 2 unspecified atom stereocenters. The quantitative estimate of drug-likeness (QED) is 0.840. The van der Waals surface area contributed by atoms with Crippen LogP contribution in [0.5, 0.6) is 0 Å². The van der Waals surface area contributed by atoms with Gasteiger partial charge in [0.15, 0.2) is 0 Å². The second-order valence-electron chi connectivity index (χ2n) is 5.27. The Hall–Kier alpha value is -0.610. The van der Waals surface area contributed by atoms with E-state index in [2.05, 4.69) is 17.1 Å². The number of hydrogen-bond acceptors (Lipinski definition) is 3. The molecule has 0 spiro atoms. The van der Waals surface area contributed by atoms with Gasteiger partial charge in [-0.05, 0) is 49.7 Å². The first-order valence-electron chi connectivity index (χ1n) is 7.05. The summed E-state index contributed by atoms with van der Waals surface area (Å²) in [6.45, 7) is 7.33. The first kappa shape index (κ1) is 14.8. The van der Waals surface area contributed by atoms with Crippen molar-refractivity contribution >= 4 is 11.6 Å². The molecule has 1 fully saturated rings. The topological polar surface area (TPSA) is 35.5 Å². The molecule has 2 rings (SSSR count). The maximum Gasteiger partial charge on any atom is 0.0914 e. The van der Waals surface area contributed by atoms with E-state index in [4.69, 9.17) is 11.6 Å². The highest BCUT2D eigenvalue weighted by Crippen LogP contribution is 2.17. The van der Waals surface area contributed by atoms with Crippen LogP contribution in [0.3, 0.4) is 0 Å². The van der Waals surface area contributed by atoms with Crippen LogP contribution in [0, 0.1) is 5.92 Å². The van der Waals surface area contributed by atoms with E-state index in [1.807, 2.05) is 24.3 Å². The average molecular weight is 283 g/mol. The number of nitrogens with zero attached hydrogens (tertiary/aromatic N) is 1. The van der Waals surface area contributed by atoms with Gasteiger partial charge in [0.1, 0.15) is 0 Å². The summed E-state index contributed by atoms with van der Waals surface area (Å²) in [4.78, 5) is 2.47. The minimum absolute atomic E-state index is 0.457. The summed E-state index contributed by atoms with van der Waals surface area (Å²) < 4.78 is 0. The first-order valence-corrected chi connectivity index (χ1v) is 7.43. The number of aliphatic hydroxyl groups is 1. The predicted octanol–water partition coefficient (Wildman–Crippen LogP) is 2.30. The van der Waals surface area contributed by atoms with Gasteiger partial charge in [-0.2, -0.15) is 0 Å². The number of likely N-dealkylation sites (tertiary alicyclic amines) is 1. The zero-order valence-electron chi connectivity index (χ0n) is 11.5. The highest BCUT2D eigenvalue weighted by Gasteiger charge is 2.20. The minimum atomic E-state index is -0.457. The van der Waals surface area contributed by atoms with Crippen molar-refractivity contribution in [2.75, 3.05) is 32.7 Å². The van der Waals surface area contributed by atoms with E-state index >= 15 is 0 Å². The SMILES string of the molecule is CCN1CCC(CNCC(O)c2ccc(Cl)cc2)C1. The van der Waals surface area contributed by atoms with Crippen molar-refractivity contribution in [1.82, 2.24) is 10.2 Å². The Morgan fingerprint density at radius 1 is 1.42 bits per heavy atom. The molecule has 1 aliphatic rings. The van der Waals surface area contributed by atoms with Crippen molar-refractivity contribution in [3.8, 4) is 0 Å². The highest BCUT2D eigenvalue weighted by atomic mass is 35.5. The summed E-state index contributed by atoms with van der Waals surface area (Å²) in [6.07, 6.45) is 0.804. The van der Waals surface area contributed by atoms with Gasteiger partial charge >= 0.3 is 0 Å². The van der Waals surface area contributed by atoms with Gasteiger partial charge in [0, 0.05) is 18.1 Å². The van der Waals surface area contributed by atoms with Crippen LogP contribution in [0.25, 0.3) is 0 Å². The zero-order valence-corrected chi connectivity index (χ0v) is 12.2. The molecular formula is C15H23ClN2O. The summed E-state index contributed by atoms with van der Waals surface area (Å²) >= 11 is 5.83. The van der Waals surface area contributed by atoms with Crippen LogP contribution < -0.4 is 5.32 Å². The van der Waals surface area contributed by atoms with Crippen molar-refractivity contribution in [3.63, 3.8) is 0 Å². The van der Waals surface area contributed by atoms with Crippen molar-refractivity contribution in [3.05, 3.63) is 34.9 Å². The molecule has 0 radical (unpaired) electrons. The minimum Gasteiger partial charge on any atom is -0.387 e. The Balaban J connectivity index is 1.69. The van der Waals surface area contributed by atoms with E-state index in [9.17, 15) is 5.11 Å². The lowest BCUT2D eigenvalue weighted by Crippen LogP contribution is -2.29. The summed E-state index contributed by atoms with van der Waals surface area (Å²) in [6, 6.07) is 7.39. The number of rotatable bonds is 6. The molecule has 1 heterocycles. The highest BCUT2D eigenvalue weighted by molar-refractivity contribution is 6.30. The maximum atomic E-state index is 10.1. The van der Waals surface area contributed by atoms with Gasteiger partial charge in [0.05, 0.1) is 6.10 Å². The van der Waals surface area contributed by atoms with E-state index in [0.717, 1.165) is 24.6 Å². The smallest absolute Gasteiger partial charge is 0.0914 e. The van der Waals surface area contributed by atoms with Crippen molar-refractivity contribution in [2.24, 2.45) is 5.92 Å². The van der Waals surface area contributed by atoms with E-state index in [-0.39, 0.29) is 0 Å². The molecule has 0 amide bonds. The molecule has 3 nitrogen and oxygen atoms in total. The average Bonchev–Trinajstić information content (AvgIpc) is 2.87. The molecule has 0 saturated carbocycles. The Bertz CT molecular complexity index is 382. The molecule has 2 atom stereocenters. The van der Waals surface area contributed by atoms with E-state index in [1.54, 1.807) is 0 Å². The van der Waals surface area contributed by atoms with Crippen molar-refractivity contribution in [1.29, 1.82) is 0 Å². The summed E-state index contributed by atoms with van der Waals surface area (Å²) in [7, 11) is 0. The summed E-state index contributed by atoms with van der Waals surface area (Å²) in [5.74, 6) is 0.720. The third-order valence-corrected chi connectivity index (χ3v) is 4.09. The van der Waals surface area contributed by atoms with E-state index in [1.165, 1.54) is 19.5 Å². The third-order valence-electron chi connectivity index (χ3n) is 3.84. The lowest BCUT2D eigenvalue weighted by Gasteiger charge is -2.16. The Labute approximate surface area is 120 Å². The number of aliphatic hydroxyl groups excluding tert-OH is 1. The Morgan fingerprint density at radius 2 is 2.16 bits per heavy atom. The molecule has 1 aromatic carbocycles. The van der Waals surface area contributed by atoms with Gasteiger partial charge in [0.25, 0.3) is 0 Å². The Kier molecular flexibility index (Phi) is 5.64. The predicted molar refractivity (Wildman–Crippen MR) is 79.5 cm³/mol. The standard InChI is InChI=1S/C15H23ClN2O/c1-2-18-8-7-12(11-18)9-17-10-15(19)13-3-5-14(16)6-4-13/h3-6,12,15,17,19H,2,7-11H2,1H3. The second-order valence-corrected chi connectivity index (χ2v) is 5.71. The maximum absolute atomic E-state index is 10.1. The normalized spacial score (nSPS) is 21.7. The third kappa shape index (κ3) is 4.46. The lowest BCUT2D eigenvalue weighted by molar-refractivity contribution is 0.172. The second kappa shape index (κ2) is 7.25. The largest absolute Gasteiger partial charge is 0.387 e. The summed E-state index contributed by atoms with van der Waals surface area (Å²) in [5, 5.41) is 14.1. The van der Waals surface area contributed by atoms with Crippen LogP contribution >= 0.6 is 11.6 Å². The van der Waals surface area contributed by atoms with Crippen LogP contribution in [0.2, 0.25) is 5.02 Å². The van der Waals surface area contributed by atoms with Crippen LogP contribution in [0.1, 0.15) is 25.0 Å². The molecule has 1 saturated heterocycles. The number of benzene rings is 1. The molecule has 106 valence electrons. The van der Waals surface area contributed by atoms with Gasteiger partial charge in [-0.1, -0.05) is 30.7 Å². The molecule has 19 heavy (non-hydrogen) atoms. The van der Waals surface area contributed by atoms with Crippen LogP contribution in [0.15, 0.2) is 24.3 Å². The molecule has 0 aromatic heterocycles. The molecule has 1 aliphatic heterocycles. The van der Waals surface area contributed by atoms with Gasteiger partial charge in [-0.25, -0.2) is 0 Å². The number of nitrogens with one attached hydrogen (secondary N) is 1. The zero-order chi connectivity index (χ0) is 13.7. The molecule has 1 aromatic rings. The van der Waals surface area contributed by atoms with E-state index < -0.39 is 6.10 Å². The fraction of sp³-hybridized carbons (Fsp3) is 0.600. The molecule has 0 aliphatic carbocycles. The van der Waals surface area contributed by atoms with Gasteiger partial charge in [0.2, 0.25) is 0 Å². The van der Waals surface area contributed by atoms with Crippen LogP contribution in [-0.2, 0) is 0 Å². The van der Waals surface area contributed by atoms with Crippen LogP contribution in [-0.4, -0.2) is 42.7 Å². The van der Waals surface area contributed by atoms with Crippen molar-refractivity contribution < 1.29 is 5.11 Å². The molecular weight excluding hydrogens is 260 g/mol. The van der Waals surface area contributed by atoms with Crippen molar-refractivity contribution in [2.45, 2.75) is 19.4 Å². The number of halogens is 1. The van der Waals surface area contributed by atoms with E-state index in [0.29, 0.717) is 11.6 Å². The first-order chi connectivity index (χ1) is 9.19. The summed E-state index contributed by atoms with van der Waals surface area (Å²) in [5.41, 5.74) is 0.915.